The first kappa shape index (κ1) is 23.3. The fraction of sp³-hybridized carbons (Fsp3) is 0.435. The Balaban J connectivity index is 1.36. The molecule has 11 heteroatoms. The second-order valence-corrected chi connectivity index (χ2v) is 10.4. The molecule has 34 heavy (non-hydrogen) atoms. The number of nitrogens with two attached hydrogens (primary N) is 1. The number of anilines is 1. The van der Waals surface area contributed by atoms with Crippen LogP contribution in [0.5, 0.6) is 11.5 Å². The van der Waals surface area contributed by atoms with Gasteiger partial charge in [-0.1, -0.05) is 11.8 Å². The molecule has 1 aromatic carbocycles. The van der Waals surface area contributed by atoms with Gasteiger partial charge in [-0.25, -0.2) is 9.97 Å². The number of ether oxygens (including phenoxy) is 2. The SMILES string of the molecule is C[C@H](O)C(=O)N1CCC(CCn2c(Sc3cc4c(cc3Br)OCO4)nc3c(N)nccc32)CC1. The van der Waals surface area contributed by atoms with Gasteiger partial charge < -0.3 is 29.8 Å². The lowest BCUT2D eigenvalue weighted by molar-refractivity contribution is -0.140. The van der Waals surface area contributed by atoms with Crippen molar-refractivity contribution >= 4 is 50.5 Å². The highest BCUT2D eigenvalue weighted by Gasteiger charge is 2.26. The summed E-state index contributed by atoms with van der Waals surface area (Å²) in [7, 11) is 0. The van der Waals surface area contributed by atoms with Gasteiger partial charge in [0.15, 0.2) is 22.5 Å². The number of carbonyl (C=O) groups excluding carboxylic acids is 1. The average Bonchev–Trinajstić information content (AvgIpc) is 3.42. The van der Waals surface area contributed by atoms with Crippen molar-refractivity contribution in [2.45, 2.75) is 48.9 Å². The molecule has 0 unspecified atom stereocenters. The number of benzene rings is 1. The van der Waals surface area contributed by atoms with Gasteiger partial charge in [-0.15, -0.1) is 0 Å². The lowest BCUT2D eigenvalue weighted by atomic mass is 9.93. The number of carbonyl (C=O) groups is 1. The van der Waals surface area contributed by atoms with Crippen molar-refractivity contribution < 1.29 is 19.4 Å². The van der Waals surface area contributed by atoms with Gasteiger partial charge in [-0.2, -0.15) is 0 Å². The van der Waals surface area contributed by atoms with E-state index in [-0.39, 0.29) is 12.7 Å². The van der Waals surface area contributed by atoms with Crippen molar-refractivity contribution in [2.75, 3.05) is 25.6 Å². The molecule has 3 N–H and O–H groups in total. The van der Waals surface area contributed by atoms with Crippen molar-refractivity contribution in [3.63, 3.8) is 0 Å². The summed E-state index contributed by atoms with van der Waals surface area (Å²) in [6.07, 6.45) is 3.57. The summed E-state index contributed by atoms with van der Waals surface area (Å²) < 4.78 is 14.1. The Hall–Kier alpha value is -2.50. The Bertz CT molecular complexity index is 1230. The van der Waals surface area contributed by atoms with Gasteiger partial charge in [0.2, 0.25) is 6.79 Å². The molecule has 5 rings (SSSR count). The van der Waals surface area contributed by atoms with E-state index in [0.717, 1.165) is 51.6 Å². The van der Waals surface area contributed by atoms with Crippen LogP contribution in [-0.4, -0.2) is 56.4 Å². The predicted octanol–water partition coefficient (Wildman–Crippen LogP) is 3.67. The Morgan fingerprint density at radius 1 is 1.32 bits per heavy atom. The number of imidazole rings is 1. The Kier molecular flexibility index (Phi) is 6.59. The zero-order valence-electron chi connectivity index (χ0n) is 18.7. The van der Waals surface area contributed by atoms with E-state index in [1.165, 1.54) is 6.92 Å². The zero-order valence-corrected chi connectivity index (χ0v) is 21.1. The molecule has 4 heterocycles. The molecule has 0 radical (unpaired) electrons. The molecule has 2 aliphatic rings. The molecule has 1 saturated heterocycles. The van der Waals surface area contributed by atoms with Crippen molar-refractivity contribution in [2.24, 2.45) is 5.92 Å². The first-order chi connectivity index (χ1) is 16.4. The van der Waals surface area contributed by atoms with Crippen LogP contribution in [0.3, 0.4) is 0 Å². The fourth-order valence-electron chi connectivity index (χ4n) is 4.44. The van der Waals surface area contributed by atoms with Crippen LogP contribution in [0.1, 0.15) is 26.2 Å². The number of amides is 1. The monoisotopic (exact) mass is 547 g/mol. The van der Waals surface area contributed by atoms with Crippen LogP contribution in [0.2, 0.25) is 0 Å². The van der Waals surface area contributed by atoms with Crippen LogP contribution in [0.15, 0.2) is 38.9 Å². The summed E-state index contributed by atoms with van der Waals surface area (Å²) in [5.41, 5.74) is 7.79. The lowest BCUT2D eigenvalue weighted by Gasteiger charge is -2.32. The van der Waals surface area contributed by atoms with Crippen LogP contribution < -0.4 is 15.2 Å². The predicted molar refractivity (Wildman–Crippen MR) is 132 cm³/mol. The number of aryl methyl sites for hydroxylation is 1. The Labute approximate surface area is 209 Å². The molecule has 0 saturated carbocycles. The molecule has 1 fully saturated rings. The third-order valence-corrected chi connectivity index (χ3v) is 8.30. The van der Waals surface area contributed by atoms with Gasteiger partial charge in [-0.3, -0.25) is 4.79 Å². The maximum atomic E-state index is 12.1. The lowest BCUT2D eigenvalue weighted by Crippen LogP contribution is -2.43. The molecule has 1 atom stereocenters. The van der Waals surface area contributed by atoms with Crippen molar-refractivity contribution in [3.05, 3.63) is 28.9 Å². The van der Waals surface area contributed by atoms with Crippen LogP contribution >= 0.6 is 27.7 Å². The number of piperidine rings is 1. The second-order valence-electron chi connectivity index (χ2n) is 8.58. The summed E-state index contributed by atoms with van der Waals surface area (Å²) in [5, 5.41) is 10.4. The summed E-state index contributed by atoms with van der Waals surface area (Å²) in [4.78, 5) is 23.8. The number of aliphatic hydroxyl groups excluding tert-OH is 1. The van der Waals surface area contributed by atoms with Gasteiger partial charge in [0.25, 0.3) is 5.91 Å². The number of hydrogen-bond acceptors (Lipinski definition) is 8. The van der Waals surface area contributed by atoms with E-state index in [0.29, 0.717) is 36.1 Å². The van der Waals surface area contributed by atoms with Crippen LogP contribution in [-0.2, 0) is 11.3 Å². The van der Waals surface area contributed by atoms with Crippen LogP contribution in [0.25, 0.3) is 11.0 Å². The maximum Gasteiger partial charge on any atom is 0.251 e. The summed E-state index contributed by atoms with van der Waals surface area (Å²) in [6, 6.07) is 5.81. The van der Waals surface area contributed by atoms with E-state index >= 15 is 0 Å². The van der Waals surface area contributed by atoms with Crippen LogP contribution in [0, 0.1) is 5.92 Å². The minimum Gasteiger partial charge on any atom is -0.454 e. The summed E-state index contributed by atoms with van der Waals surface area (Å²) >= 11 is 5.18. The van der Waals surface area contributed by atoms with Gasteiger partial charge >= 0.3 is 0 Å². The number of fused-ring (bicyclic) bond motifs is 2. The van der Waals surface area contributed by atoms with Crippen molar-refractivity contribution in [1.82, 2.24) is 19.4 Å². The quantitative estimate of drug-likeness (QED) is 0.480. The molecule has 3 aromatic rings. The first-order valence-corrected chi connectivity index (χ1v) is 12.9. The van der Waals surface area contributed by atoms with E-state index < -0.39 is 6.10 Å². The van der Waals surface area contributed by atoms with E-state index in [4.69, 9.17) is 20.2 Å². The maximum absolute atomic E-state index is 12.1. The summed E-state index contributed by atoms with van der Waals surface area (Å²) in [5.74, 6) is 2.15. The molecule has 0 aliphatic carbocycles. The molecular weight excluding hydrogens is 522 g/mol. The third kappa shape index (κ3) is 4.56. The highest BCUT2D eigenvalue weighted by atomic mass is 79.9. The Morgan fingerprint density at radius 2 is 2.06 bits per heavy atom. The number of aromatic nitrogens is 3. The second kappa shape index (κ2) is 9.63. The van der Waals surface area contributed by atoms with Crippen molar-refractivity contribution in [3.8, 4) is 11.5 Å². The molecule has 1 amide bonds. The minimum atomic E-state index is -0.942. The average molecular weight is 548 g/mol. The van der Waals surface area contributed by atoms with Gasteiger partial charge in [0.05, 0.1) is 5.52 Å². The van der Waals surface area contributed by atoms with E-state index in [1.807, 2.05) is 18.2 Å². The molecule has 0 bridgehead atoms. The number of hydrogen-bond donors (Lipinski definition) is 2. The zero-order chi connectivity index (χ0) is 23.8. The standard InChI is InChI=1S/C23H26BrN5O4S/c1-13(30)22(31)28-7-3-14(4-8-28)5-9-29-16-2-6-26-21(25)20(16)27-23(29)34-19-11-18-17(10-15(19)24)32-12-33-18/h2,6,10-11,13-14,30H,3-5,7-9,12H2,1H3,(H2,25,26)/t13-/m0/s1. The van der Waals surface area contributed by atoms with Crippen molar-refractivity contribution in [1.29, 1.82) is 0 Å². The number of likely N-dealkylation sites (tertiary alicyclic amines) is 1. The number of aliphatic hydroxyl groups is 1. The smallest absolute Gasteiger partial charge is 0.251 e. The normalized spacial score (nSPS) is 16.9. The van der Waals surface area contributed by atoms with E-state index in [9.17, 15) is 9.90 Å². The summed E-state index contributed by atoms with van der Waals surface area (Å²) in [6.45, 7) is 3.89. The molecular formula is C23H26BrN5O4S. The van der Waals surface area contributed by atoms with Crippen LogP contribution in [0.4, 0.5) is 5.82 Å². The Morgan fingerprint density at radius 3 is 2.79 bits per heavy atom. The largest absolute Gasteiger partial charge is 0.454 e. The number of rotatable bonds is 6. The number of pyridine rings is 1. The fourth-order valence-corrected chi connectivity index (χ4v) is 5.96. The molecule has 2 aromatic heterocycles. The molecule has 180 valence electrons. The highest BCUT2D eigenvalue weighted by Crippen LogP contribution is 2.43. The van der Waals surface area contributed by atoms with E-state index in [1.54, 1.807) is 22.9 Å². The number of nitrogen functional groups attached to an aromatic ring is 1. The molecule has 2 aliphatic heterocycles. The van der Waals surface area contributed by atoms with Gasteiger partial charge in [0.1, 0.15) is 11.6 Å². The van der Waals surface area contributed by atoms with E-state index in [2.05, 4.69) is 25.5 Å². The first-order valence-electron chi connectivity index (χ1n) is 11.2. The van der Waals surface area contributed by atoms with Gasteiger partial charge in [0, 0.05) is 35.2 Å². The molecule has 0 spiro atoms. The minimum absolute atomic E-state index is 0.185. The number of halogens is 1. The highest BCUT2D eigenvalue weighted by molar-refractivity contribution is 9.10. The van der Waals surface area contributed by atoms with Gasteiger partial charge in [-0.05, 0) is 66.2 Å². The topological polar surface area (TPSA) is 116 Å². The molecule has 9 nitrogen and oxygen atoms in total. The number of nitrogens with zero attached hydrogens (tertiary/aromatic N) is 4. The third-order valence-electron chi connectivity index (χ3n) is 6.33.